The van der Waals surface area contributed by atoms with Crippen LogP contribution < -0.4 is 20.1 Å². The Kier molecular flexibility index (Phi) is 5.31. The van der Waals surface area contributed by atoms with E-state index in [-0.39, 0.29) is 25.7 Å². The molecule has 1 saturated heterocycles. The van der Waals surface area contributed by atoms with Gasteiger partial charge in [0.1, 0.15) is 12.1 Å². The number of amides is 4. The first kappa shape index (κ1) is 19.8. The maximum Gasteiger partial charge on any atom is 0.325 e. The molecule has 0 aliphatic carbocycles. The molecular weight excluding hydrogens is 386 g/mol. The van der Waals surface area contributed by atoms with Gasteiger partial charge < -0.3 is 20.1 Å². The summed E-state index contributed by atoms with van der Waals surface area (Å²) >= 11 is 0. The molecule has 1 atom stereocenters. The fraction of sp³-hybridized carbons (Fsp3) is 0.318. The average molecular weight is 409 g/mol. The van der Waals surface area contributed by atoms with E-state index in [0.717, 1.165) is 16.0 Å². The average Bonchev–Trinajstić information content (AvgIpc) is 3.27. The summed E-state index contributed by atoms with van der Waals surface area (Å²) in [5.41, 5.74) is 0.795. The Labute approximate surface area is 174 Å². The number of imide groups is 1. The van der Waals surface area contributed by atoms with Crippen LogP contribution in [0.5, 0.6) is 11.5 Å². The predicted molar refractivity (Wildman–Crippen MR) is 108 cm³/mol. The second-order valence-corrected chi connectivity index (χ2v) is 7.60. The zero-order valence-corrected chi connectivity index (χ0v) is 16.6. The molecule has 0 bridgehead atoms. The van der Waals surface area contributed by atoms with Crippen LogP contribution in [0.4, 0.5) is 4.79 Å². The van der Waals surface area contributed by atoms with Gasteiger partial charge in [0.2, 0.25) is 12.7 Å². The van der Waals surface area contributed by atoms with Gasteiger partial charge in [-0.25, -0.2) is 4.79 Å². The molecule has 2 aromatic carbocycles. The third-order valence-electron chi connectivity index (χ3n) is 5.22. The molecule has 4 amide bonds. The number of fused-ring (bicyclic) bond motifs is 1. The molecule has 0 spiro atoms. The smallest absolute Gasteiger partial charge is 0.325 e. The molecule has 8 heteroatoms. The van der Waals surface area contributed by atoms with Gasteiger partial charge in [0.25, 0.3) is 5.91 Å². The number of ether oxygens (including phenoxy) is 2. The van der Waals surface area contributed by atoms with Crippen LogP contribution in [0.2, 0.25) is 0 Å². The van der Waals surface area contributed by atoms with E-state index in [1.165, 1.54) is 0 Å². The van der Waals surface area contributed by atoms with Crippen LogP contribution in [-0.2, 0) is 22.4 Å². The second kappa shape index (κ2) is 8.06. The number of nitrogens with one attached hydrogen (secondary N) is 2. The Bertz CT molecular complexity index is 978. The van der Waals surface area contributed by atoms with E-state index in [1.807, 2.05) is 36.4 Å². The van der Waals surface area contributed by atoms with E-state index < -0.39 is 17.5 Å². The van der Waals surface area contributed by atoms with E-state index >= 15 is 0 Å². The quantitative estimate of drug-likeness (QED) is 0.678. The fourth-order valence-corrected chi connectivity index (χ4v) is 3.66. The van der Waals surface area contributed by atoms with Crippen molar-refractivity contribution in [3.63, 3.8) is 0 Å². The Morgan fingerprint density at radius 3 is 2.67 bits per heavy atom. The van der Waals surface area contributed by atoms with Crippen LogP contribution in [0.15, 0.2) is 48.5 Å². The van der Waals surface area contributed by atoms with Gasteiger partial charge in [0.15, 0.2) is 11.5 Å². The molecule has 4 rings (SSSR count). The van der Waals surface area contributed by atoms with Gasteiger partial charge in [-0.1, -0.05) is 36.4 Å². The van der Waals surface area contributed by atoms with Gasteiger partial charge in [0.05, 0.1) is 0 Å². The molecule has 2 aliphatic heterocycles. The summed E-state index contributed by atoms with van der Waals surface area (Å²) < 4.78 is 10.7. The number of benzene rings is 2. The highest BCUT2D eigenvalue weighted by Crippen LogP contribution is 2.34. The zero-order chi connectivity index (χ0) is 21.1. The van der Waals surface area contributed by atoms with Crippen LogP contribution in [0.1, 0.15) is 18.1 Å². The summed E-state index contributed by atoms with van der Waals surface area (Å²) in [5, 5.41) is 5.48. The Morgan fingerprint density at radius 2 is 1.87 bits per heavy atom. The van der Waals surface area contributed by atoms with Crippen molar-refractivity contribution in [2.45, 2.75) is 25.3 Å². The normalized spacial score (nSPS) is 19.7. The largest absolute Gasteiger partial charge is 0.454 e. The maximum atomic E-state index is 12.9. The molecule has 30 heavy (non-hydrogen) atoms. The number of carbonyl (C=O) groups is 3. The number of nitrogens with zero attached hydrogens (tertiary/aromatic N) is 1. The lowest BCUT2D eigenvalue weighted by Gasteiger charge is -2.22. The van der Waals surface area contributed by atoms with Gasteiger partial charge >= 0.3 is 6.03 Å². The molecular formula is C22H23N3O5. The lowest BCUT2D eigenvalue weighted by atomic mass is 9.92. The first-order chi connectivity index (χ1) is 14.4. The van der Waals surface area contributed by atoms with E-state index in [9.17, 15) is 14.4 Å². The number of urea groups is 1. The molecule has 0 radical (unpaired) electrons. The lowest BCUT2D eigenvalue weighted by Crippen LogP contribution is -2.47. The van der Waals surface area contributed by atoms with Gasteiger partial charge in [0, 0.05) is 13.0 Å². The second-order valence-electron chi connectivity index (χ2n) is 7.60. The Balaban J connectivity index is 1.34. The number of carbonyl (C=O) groups excluding carboxylic acids is 3. The van der Waals surface area contributed by atoms with Gasteiger partial charge in [-0.15, -0.1) is 0 Å². The molecule has 1 fully saturated rings. The van der Waals surface area contributed by atoms with Crippen molar-refractivity contribution >= 4 is 17.8 Å². The van der Waals surface area contributed by atoms with Crippen molar-refractivity contribution in [2.75, 3.05) is 19.9 Å². The van der Waals surface area contributed by atoms with E-state index in [1.54, 1.807) is 19.1 Å². The highest BCUT2D eigenvalue weighted by molar-refractivity contribution is 6.08. The summed E-state index contributed by atoms with van der Waals surface area (Å²) in [7, 11) is 0. The molecule has 2 aromatic rings. The summed E-state index contributed by atoms with van der Waals surface area (Å²) in [6, 6.07) is 14.6. The summed E-state index contributed by atoms with van der Waals surface area (Å²) in [6.45, 7) is 1.95. The minimum absolute atomic E-state index is 0.166. The molecule has 0 aromatic heterocycles. The topological polar surface area (TPSA) is 97.0 Å². The van der Waals surface area contributed by atoms with Gasteiger partial charge in [-0.05, 0) is 36.6 Å². The Hall–Kier alpha value is -3.55. The van der Waals surface area contributed by atoms with Crippen LogP contribution in [0.3, 0.4) is 0 Å². The number of hydrogen-bond donors (Lipinski definition) is 2. The highest BCUT2D eigenvalue weighted by atomic mass is 16.7. The van der Waals surface area contributed by atoms with Crippen LogP contribution >= 0.6 is 0 Å². The van der Waals surface area contributed by atoms with Crippen molar-refractivity contribution in [3.8, 4) is 11.5 Å². The van der Waals surface area contributed by atoms with Crippen molar-refractivity contribution in [1.29, 1.82) is 0 Å². The summed E-state index contributed by atoms with van der Waals surface area (Å²) in [6.07, 6.45) is 0.953. The van der Waals surface area contributed by atoms with Crippen LogP contribution in [-0.4, -0.2) is 48.2 Å². The molecule has 2 N–H and O–H groups in total. The van der Waals surface area contributed by atoms with Crippen molar-refractivity contribution in [1.82, 2.24) is 15.5 Å². The Morgan fingerprint density at radius 1 is 1.10 bits per heavy atom. The molecule has 0 saturated carbocycles. The number of hydrogen-bond acceptors (Lipinski definition) is 5. The number of rotatable bonds is 7. The third-order valence-corrected chi connectivity index (χ3v) is 5.22. The molecule has 0 unspecified atom stereocenters. The third kappa shape index (κ3) is 4.07. The molecule has 2 heterocycles. The predicted octanol–water partition coefficient (Wildman–Crippen LogP) is 1.63. The molecule has 8 nitrogen and oxygen atoms in total. The van der Waals surface area contributed by atoms with Crippen molar-refractivity contribution < 1.29 is 23.9 Å². The highest BCUT2D eigenvalue weighted by Gasteiger charge is 2.48. The molecule has 2 aliphatic rings. The maximum absolute atomic E-state index is 12.9. The van der Waals surface area contributed by atoms with E-state index in [4.69, 9.17) is 9.47 Å². The first-order valence-corrected chi connectivity index (χ1v) is 9.78. The van der Waals surface area contributed by atoms with E-state index in [0.29, 0.717) is 24.5 Å². The van der Waals surface area contributed by atoms with Crippen molar-refractivity contribution in [2.24, 2.45) is 0 Å². The zero-order valence-electron chi connectivity index (χ0n) is 16.6. The minimum Gasteiger partial charge on any atom is -0.454 e. The van der Waals surface area contributed by atoms with Gasteiger partial charge in [-0.3, -0.25) is 14.5 Å². The lowest BCUT2D eigenvalue weighted by molar-refractivity contribution is -0.134. The first-order valence-electron chi connectivity index (χ1n) is 9.78. The van der Waals surface area contributed by atoms with Crippen LogP contribution in [0.25, 0.3) is 0 Å². The molecule has 156 valence electrons. The van der Waals surface area contributed by atoms with Gasteiger partial charge in [-0.2, -0.15) is 0 Å². The van der Waals surface area contributed by atoms with Crippen LogP contribution in [0, 0.1) is 0 Å². The SMILES string of the molecule is C[C@@]1(Cc2ccc3c(c2)OCO3)NC(=O)N(CC(=O)NCCc2ccccc2)C1=O. The fourth-order valence-electron chi connectivity index (χ4n) is 3.66. The standard InChI is InChI=1S/C22H23N3O5/c1-22(12-16-7-8-17-18(11-16)30-14-29-17)20(27)25(21(28)24-22)13-19(26)23-10-9-15-5-3-2-4-6-15/h2-8,11H,9-10,12-14H2,1H3,(H,23,26)(H,24,28)/t22-/m0/s1. The minimum atomic E-state index is -1.13. The monoisotopic (exact) mass is 409 g/mol. The van der Waals surface area contributed by atoms with E-state index in [2.05, 4.69) is 10.6 Å². The summed E-state index contributed by atoms with van der Waals surface area (Å²) in [4.78, 5) is 38.5. The summed E-state index contributed by atoms with van der Waals surface area (Å²) in [5.74, 6) is 0.465. The van der Waals surface area contributed by atoms with Crippen molar-refractivity contribution in [3.05, 3.63) is 59.7 Å².